The monoisotopic (exact) mass is 359 g/mol. The van der Waals surface area contributed by atoms with Gasteiger partial charge in [0, 0.05) is 21.7 Å². The van der Waals surface area contributed by atoms with Crippen LogP contribution in [0.3, 0.4) is 0 Å². The molecule has 3 heterocycles. The number of rotatable bonds is 1. The van der Waals surface area contributed by atoms with Gasteiger partial charge in [-0.15, -0.1) is 0 Å². The van der Waals surface area contributed by atoms with Crippen molar-refractivity contribution in [1.82, 2.24) is 13.9 Å². The molecule has 10 rings (SSSR count). The lowest BCUT2D eigenvalue weighted by Crippen LogP contribution is -3.06. The summed E-state index contributed by atoms with van der Waals surface area (Å²) < 4.78 is 5.43. The first kappa shape index (κ1) is 13.2. The Morgan fingerprint density at radius 2 is 1.15 bits per heavy atom. The highest BCUT2D eigenvalue weighted by Gasteiger charge is 3.12. The predicted molar refractivity (Wildman–Crippen MR) is 96.8 cm³/mol. The van der Waals surface area contributed by atoms with Crippen molar-refractivity contribution in [2.75, 3.05) is 0 Å². The van der Waals surface area contributed by atoms with Gasteiger partial charge in [0.05, 0.1) is 17.8 Å². The molecule has 6 saturated carbocycles. The number of benzene rings is 1. The minimum atomic E-state index is -0.0836. The molecule has 6 aliphatic carbocycles. The van der Waals surface area contributed by atoms with E-state index in [-0.39, 0.29) is 11.4 Å². The first-order valence-corrected chi connectivity index (χ1v) is 10.7. The van der Waals surface area contributed by atoms with Crippen molar-refractivity contribution in [3.8, 4) is 5.69 Å². The molecule has 2 aliphatic heterocycles. The average molecular weight is 359 g/mol. The van der Waals surface area contributed by atoms with Crippen LogP contribution in [0.15, 0.2) is 39.9 Å². The molecule has 1 aromatic heterocycles. The van der Waals surface area contributed by atoms with Gasteiger partial charge in [-0.25, -0.2) is 23.5 Å². The molecular formula is C22H21N3O2. The van der Waals surface area contributed by atoms with Gasteiger partial charge in [0.15, 0.2) is 0 Å². The third kappa shape index (κ3) is 0.752. The van der Waals surface area contributed by atoms with E-state index in [9.17, 15) is 9.59 Å². The van der Waals surface area contributed by atoms with E-state index >= 15 is 0 Å². The standard InChI is InChI=1S/C22H21N3O2/c26-17-23(12-6-2-1-3-7-12)18(27)25-16-20-9-4-8-19(20)13-14(20)22(16)11-5-10-21(13,22)15(19)24(17)25/h1-3,6-7,13-16H,4-5,8-11H2/t13?,14?,15?,16?,19-,20-,21-,22+/m0/s1. The highest BCUT2D eigenvalue weighted by molar-refractivity contribution is 5.58. The van der Waals surface area contributed by atoms with E-state index in [2.05, 4.69) is 0 Å². The quantitative estimate of drug-likeness (QED) is 0.785. The van der Waals surface area contributed by atoms with Crippen molar-refractivity contribution in [1.29, 1.82) is 0 Å². The Hall–Kier alpha value is -2.04. The summed E-state index contributed by atoms with van der Waals surface area (Å²) in [6.45, 7) is 0. The topological polar surface area (TPSA) is 48.9 Å². The zero-order valence-corrected chi connectivity index (χ0v) is 15.1. The molecule has 27 heavy (non-hydrogen) atoms. The predicted octanol–water partition coefficient (Wildman–Crippen LogP) is 2.50. The van der Waals surface area contributed by atoms with E-state index < -0.39 is 0 Å². The molecule has 4 spiro atoms. The second-order valence-corrected chi connectivity index (χ2v) is 10.6. The summed E-state index contributed by atoms with van der Waals surface area (Å²) in [5, 5.41) is 0. The van der Waals surface area contributed by atoms with Gasteiger partial charge in [0.25, 0.3) is 0 Å². The minimum absolute atomic E-state index is 0.0836. The van der Waals surface area contributed by atoms with E-state index in [1.54, 1.807) is 0 Å². The van der Waals surface area contributed by atoms with Crippen LogP contribution in [-0.4, -0.2) is 13.9 Å². The molecule has 1 aromatic carbocycles. The Balaban J connectivity index is 1.43. The van der Waals surface area contributed by atoms with Crippen LogP contribution in [0.4, 0.5) is 0 Å². The van der Waals surface area contributed by atoms with Gasteiger partial charge in [-0.05, 0) is 49.7 Å². The fraction of sp³-hybridized carbons (Fsp3) is 0.636. The van der Waals surface area contributed by atoms with Gasteiger partial charge in [-0.3, -0.25) is 0 Å². The Labute approximate surface area is 155 Å². The Kier molecular flexibility index (Phi) is 1.56. The fourth-order valence-electron chi connectivity index (χ4n) is 11.6. The lowest BCUT2D eigenvalue weighted by molar-refractivity contribution is -0.615. The summed E-state index contributed by atoms with van der Waals surface area (Å²) in [5.41, 5.74) is 2.03. The molecule has 8 atom stereocenters. The highest BCUT2D eigenvalue weighted by atomic mass is 16.2. The lowest BCUT2D eigenvalue weighted by atomic mass is 8.98. The zero-order valence-electron chi connectivity index (χ0n) is 15.1. The Morgan fingerprint density at radius 3 is 1.59 bits per heavy atom. The maximum absolute atomic E-state index is 13.6. The first-order chi connectivity index (χ1) is 13.2. The number of nitrogens with zero attached hydrogens (tertiary/aromatic N) is 3. The third-order valence-electron chi connectivity index (χ3n) is 11.1. The van der Waals surface area contributed by atoms with Crippen LogP contribution in [-0.2, 0) is 0 Å². The van der Waals surface area contributed by atoms with Gasteiger partial charge in [-0.2, -0.15) is 0 Å². The van der Waals surface area contributed by atoms with Crippen LogP contribution in [0.1, 0.15) is 50.6 Å². The molecule has 4 unspecified atom stereocenters. The Morgan fingerprint density at radius 1 is 0.704 bits per heavy atom. The second kappa shape index (κ2) is 3.19. The summed E-state index contributed by atoms with van der Waals surface area (Å²) in [6.07, 6.45) is 7.79. The largest absolute Gasteiger partial charge is 0.352 e. The Bertz CT molecular complexity index is 1130. The summed E-state index contributed by atoms with van der Waals surface area (Å²) in [7, 11) is 0. The van der Waals surface area contributed by atoms with Crippen LogP contribution in [0.2, 0.25) is 0 Å². The van der Waals surface area contributed by atoms with Gasteiger partial charge in [0.2, 0.25) is 0 Å². The summed E-state index contributed by atoms with van der Waals surface area (Å²) in [5.74, 6) is 1.76. The molecule has 2 bridgehead atoms. The van der Waals surface area contributed by atoms with Crippen molar-refractivity contribution in [2.24, 2.45) is 33.5 Å². The smallest absolute Gasteiger partial charge is 0.245 e. The van der Waals surface area contributed by atoms with Crippen LogP contribution in [0.5, 0.6) is 0 Å². The van der Waals surface area contributed by atoms with E-state index in [0.29, 0.717) is 33.7 Å². The number of para-hydroxylation sites is 1. The fourth-order valence-corrected chi connectivity index (χ4v) is 11.6. The molecule has 0 radical (unpaired) electrons. The van der Waals surface area contributed by atoms with Crippen LogP contribution < -0.4 is 11.4 Å². The molecule has 2 aromatic rings. The van der Waals surface area contributed by atoms with Crippen LogP contribution in [0, 0.1) is 33.5 Å². The van der Waals surface area contributed by atoms with Crippen molar-refractivity contribution >= 4 is 0 Å². The molecular weight excluding hydrogens is 338 g/mol. The molecule has 0 N–H and O–H groups in total. The van der Waals surface area contributed by atoms with E-state index in [1.165, 1.54) is 43.1 Å². The van der Waals surface area contributed by atoms with E-state index in [1.807, 2.05) is 39.7 Å². The third-order valence-corrected chi connectivity index (χ3v) is 11.1. The highest BCUT2D eigenvalue weighted by Crippen LogP contribution is 3.14. The van der Waals surface area contributed by atoms with Crippen LogP contribution in [0.25, 0.3) is 5.69 Å². The van der Waals surface area contributed by atoms with Crippen molar-refractivity contribution in [3.63, 3.8) is 0 Å². The molecule has 136 valence electrons. The molecule has 6 fully saturated rings. The number of hydrogen-bond donors (Lipinski definition) is 0. The van der Waals surface area contributed by atoms with Gasteiger partial charge in [-0.1, -0.05) is 31.0 Å². The summed E-state index contributed by atoms with van der Waals surface area (Å²) >= 11 is 0. The number of aromatic nitrogens is 3. The molecule has 0 amide bonds. The van der Waals surface area contributed by atoms with Crippen LogP contribution >= 0.6 is 0 Å². The van der Waals surface area contributed by atoms with Gasteiger partial charge >= 0.3 is 11.4 Å². The maximum Gasteiger partial charge on any atom is 0.352 e. The number of hydrogen-bond acceptors (Lipinski definition) is 2. The van der Waals surface area contributed by atoms with E-state index in [4.69, 9.17) is 0 Å². The summed E-state index contributed by atoms with van der Waals surface area (Å²) in [6, 6.07) is 10.1. The first-order valence-electron chi connectivity index (χ1n) is 10.7. The van der Waals surface area contributed by atoms with Crippen molar-refractivity contribution in [3.05, 3.63) is 51.3 Å². The second-order valence-electron chi connectivity index (χ2n) is 10.6. The minimum Gasteiger partial charge on any atom is -0.245 e. The average Bonchev–Trinajstić information content (AvgIpc) is 3.30. The zero-order chi connectivity index (χ0) is 17.6. The maximum atomic E-state index is 13.6. The SMILES string of the molecule is O=c1n(-c2ccccc2)c(=O)n2n1C1[C@@]34CCC[C@@]35C3C4[C@@]14CCC[C@]34C25. The van der Waals surface area contributed by atoms with Gasteiger partial charge in [0.1, 0.15) is 0 Å². The van der Waals surface area contributed by atoms with E-state index in [0.717, 1.165) is 17.5 Å². The lowest BCUT2D eigenvalue weighted by Gasteiger charge is -3.07. The molecule has 5 nitrogen and oxygen atoms in total. The molecule has 5 heteroatoms. The molecule has 8 aliphatic rings. The van der Waals surface area contributed by atoms with Crippen molar-refractivity contribution < 1.29 is 0 Å². The normalized spacial score (nSPS) is 55.4. The molecule has 0 saturated heterocycles. The van der Waals surface area contributed by atoms with Crippen molar-refractivity contribution in [2.45, 2.75) is 50.6 Å². The summed E-state index contributed by atoms with van der Waals surface area (Å²) in [4.78, 5) is 27.2. The van der Waals surface area contributed by atoms with Gasteiger partial charge < -0.3 is 0 Å².